The molecule has 0 saturated carbocycles. The van der Waals surface area contributed by atoms with Crippen molar-refractivity contribution in [3.63, 3.8) is 0 Å². The molecule has 0 nitrogen and oxygen atoms in total. The summed E-state index contributed by atoms with van der Waals surface area (Å²) in [6.07, 6.45) is 1.94. The van der Waals surface area contributed by atoms with E-state index >= 15 is 0 Å². The molecule has 0 saturated heterocycles. The Morgan fingerprint density at radius 2 is 1.81 bits per heavy atom. The minimum Gasteiger partial charge on any atom is -0.206 e. The van der Waals surface area contributed by atoms with Crippen molar-refractivity contribution in [1.82, 2.24) is 0 Å². The van der Waals surface area contributed by atoms with E-state index < -0.39 is 0 Å². The molecule has 1 unspecified atom stereocenters. The van der Waals surface area contributed by atoms with E-state index in [0.29, 0.717) is 5.39 Å². The molecule has 84 valence electrons. The summed E-state index contributed by atoms with van der Waals surface area (Å²) in [5, 5.41) is 1.55. The zero-order chi connectivity index (χ0) is 11.5. The Bertz CT molecular complexity index is 493. The van der Waals surface area contributed by atoms with E-state index in [1.54, 1.807) is 12.1 Å². The lowest BCUT2D eigenvalue weighted by Crippen LogP contribution is -1.93. The van der Waals surface area contributed by atoms with Crippen LogP contribution < -0.4 is 0 Å². The van der Waals surface area contributed by atoms with E-state index in [2.05, 4.69) is 6.92 Å². The van der Waals surface area contributed by atoms with E-state index in [9.17, 15) is 4.39 Å². The summed E-state index contributed by atoms with van der Waals surface area (Å²) in [5.74, 6) is -0.181. The summed E-state index contributed by atoms with van der Waals surface area (Å²) < 4.78 is 13.6. The third-order valence-corrected chi connectivity index (χ3v) is 3.24. The van der Waals surface area contributed by atoms with Gasteiger partial charge < -0.3 is 0 Å². The van der Waals surface area contributed by atoms with Gasteiger partial charge in [-0.15, -0.1) is 11.6 Å². The van der Waals surface area contributed by atoms with E-state index in [1.807, 2.05) is 18.2 Å². The third kappa shape index (κ3) is 2.05. The van der Waals surface area contributed by atoms with Crippen LogP contribution in [-0.2, 0) is 0 Å². The molecular formula is C14H14ClF. The van der Waals surface area contributed by atoms with Crippen molar-refractivity contribution in [2.24, 2.45) is 0 Å². The molecule has 0 bridgehead atoms. The van der Waals surface area contributed by atoms with Crippen LogP contribution in [-0.4, -0.2) is 0 Å². The highest BCUT2D eigenvalue weighted by Gasteiger charge is 2.12. The fourth-order valence-corrected chi connectivity index (χ4v) is 2.38. The predicted molar refractivity (Wildman–Crippen MR) is 67.4 cm³/mol. The maximum absolute atomic E-state index is 13.6. The van der Waals surface area contributed by atoms with Gasteiger partial charge >= 0.3 is 0 Å². The van der Waals surface area contributed by atoms with Gasteiger partial charge in [-0.25, -0.2) is 4.39 Å². The number of alkyl halides is 1. The summed E-state index contributed by atoms with van der Waals surface area (Å²) in [6.45, 7) is 2.10. The first kappa shape index (κ1) is 11.4. The molecular weight excluding hydrogens is 223 g/mol. The number of hydrogen-bond acceptors (Lipinski definition) is 0. The highest BCUT2D eigenvalue weighted by molar-refractivity contribution is 6.21. The van der Waals surface area contributed by atoms with Crippen LogP contribution in [0.25, 0.3) is 10.8 Å². The average Bonchev–Trinajstić information content (AvgIpc) is 2.30. The van der Waals surface area contributed by atoms with Crippen LogP contribution in [0.15, 0.2) is 36.4 Å². The average molecular weight is 237 g/mol. The first-order chi connectivity index (χ1) is 7.74. The second-order valence-electron chi connectivity index (χ2n) is 3.94. The molecule has 0 spiro atoms. The van der Waals surface area contributed by atoms with E-state index in [0.717, 1.165) is 23.8 Å². The summed E-state index contributed by atoms with van der Waals surface area (Å²) in [7, 11) is 0. The summed E-state index contributed by atoms with van der Waals surface area (Å²) >= 11 is 6.32. The van der Waals surface area contributed by atoms with Crippen molar-refractivity contribution in [3.8, 4) is 0 Å². The molecule has 2 rings (SSSR count). The molecule has 0 aliphatic rings. The Kier molecular flexibility index (Phi) is 3.45. The van der Waals surface area contributed by atoms with Crippen molar-refractivity contribution >= 4 is 22.4 Å². The van der Waals surface area contributed by atoms with Crippen molar-refractivity contribution in [2.45, 2.75) is 25.1 Å². The van der Waals surface area contributed by atoms with Crippen LogP contribution in [0, 0.1) is 5.82 Å². The van der Waals surface area contributed by atoms with Crippen molar-refractivity contribution in [1.29, 1.82) is 0 Å². The van der Waals surface area contributed by atoms with Gasteiger partial charge in [-0.1, -0.05) is 43.7 Å². The Morgan fingerprint density at radius 1 is 1.12 bits per heavy atom. The topological polar surface area (TPSA) is 0 Å². The molecule has 0 aliphatic heterocycles. The van der Waals surface area contributed by atoms with Crippen molar-refractivity contribution in [2.75, 3.05) is 0 Å². The molecule has 2 heteroatoms. The zero-order valence-corrected chi connectivity index (χ0v) is 9.97. The first-order valence-electron chi connectivity index (χ1n) is 5.55. The van der Waals surface area contributed by atoms with Crippen LogP contribution in [0.1, 0.15) is 30.7 Å². The van der Waals surface area contributed by atoms with Gasteiger partial charge in [0.25, 0.3) is 0 Å². The van der Waals surface area contributed by atoms with Gasteiger partial charge in [0, 0.05) is 5.39 Å². The van der Waals surface area contributed by atoms with Crippen molar-refractivity contribution < 1.29 is 4.39 Å². The lowest BCUT2D eigenvalue weighted by atomic mass is 9.99. The summed E-state index contributed by atoms with van der Waals surface area (Å²) in [4.78, 5) is 0. The highest BCUT2D eigenvalue weighted by Crippen LogP contribution is 2.32. The molecule has 1 atom stereocenters. The molecule has 16 heavy (non-hydrogen) atoms. The summed E-state index contributed by atoms with van der Waals surface area (Å²) in [6, 6.07) is 10.8. The lowest BCUT2D eigenvalue weighted by Gasteiger charge is -2.12. The minimum atomic E-state index is -0.181. The largest absolute Gasteiger partial charge is 0.206 e. The molecule has 0 heterocycles. The fraction of sp³-hybridized carbons (Fsp3) is 0.286. The zero-order valence-electron chi connectivity index (χ0n) is 9.21. The molecule has 0 radical (unpaired) electrons. The smallest absolute Gasteiger partial charge is 0.131 e. The second-order valence-corrected chi connectivity index (χ2v) is 4.47. The molecule has 0 aliphatic carbocycles. The van der Waals surface area contributed by atoms with E-state index in [4.69, 9.17) is 11.6 Å². The SMILES string of the molecule is CCCC(Cl)c1ccc(F)c2ccccc12. The Labute approximate surface area is 100 Å². The molecule has 2 aromatic rings. The maximum atomic E-state index is 13.6. The quantitative estimate of drug-likeness (QED) is 0.654. The van der Waals surface area contributed by atoms with Gasteiger partial charge in [0.15, 0.2) is 0 Å². The fourth-order valence-electron chi connectivity index (χ4n) is 1.97. The molecule has 0 fully saturated rings. The predicted octanol–water partition coefficient (Wildman–Crippen LogP) is 5.06. The molecule has 2 aromatic carbocycles. The van der Waals surface area contributed by atoms with Crippen LogP contribution in [0.4, 0.5) is 4.39 Å². The molecule has 0 aromatic heterocycles. The number of hydrogen-bond donors (Lipinski definition) is 0. The standard InChI is InChI=1S/C14H14ClF/c1-2-5-13(15)11-8-9-14(16)12-7-4-3-6-10(11)12/h3-4,6-9,13H,2,5H2,1H3. The van der Waals surface area contributed by atoms with Gasteiger partial charge in [-0.2, -0.15) is 0 Å². The van der Waals surface area contributed by atoms with E-state index in [1.165, 1.54) is 6.07 Å². The van der Waals surface area contributed by atoms with Gasteiger partial charge in [-0.3, -0.25) is 0 Å². The van der Waals surface area contributed by atoms with E-state index in [-0.39, 0.29) is 11.2 Å². The molecule has 0 N–H and O–H groups in total. The number of fused-ring (bicyclic) bond motifs is 1. The maximum Gasteiger partial charge on any atom is 0.131 e. The van der Waals surface area contributed by atoms with Crippen LogP contribution in [0.3, 0.4) is 0 Å². The van der Waals surface area contributed by atoms with Crippen LogP contribution in [0.5, 0.6) is 0 Å². The van der Waals surface area contributed by atoms with Gasteiger partial charge in [-0.05, 0) is 23.4 Å². The normalized spacial score (nSPS) is 12.9. The third-order valence-electron chi connectivity index (χ3n) is 2.78. The van der Waals surface area contributed by atoms with Crippen LogP contribution >= 0.6 is 11.6 Å². The van der Waals surface area contributed by atoms with Gasteiger partial charge in [0.2, 0.25) is 0 Å². The summed E-state index contributed by atoms with van der Waals surface area (Å²) in [5.41, 5.74) is 1.03. The lowest BCUT2D eigenvalue weighted by molar-refractivity contribution is 0.639. The van der Waals surface area contributed by atoms with Gasteiger partial charge in [0.05, 0.1) is 5.38 Å². The monoisotopic (exact) mass is 236 g/mol. The van der Waals surface area contributed by atoms with Crippen molar-refractivity contribution in [3.05, 3.63) is 47.8 Å². The molecule has 0 amide bonds. The number of benzene rings is 2. The number of halogens is 2. The van der Waals surface area contributed by atoms with Gasteiger partial charge in [0.1, 0.15) is 5.82 Å². The second kappa shape index (κ2) is 4.84. The Balaban J connectivity index is 2.58. The number of rotatable bonds is 3. The first-order valence-corrected chi connectivity index (χ1v) is 5.99. The Hall–Kier alpha value is -1.08. The highest BCUT2D eigenvalue weighted by atomic mass is 35.5. The Morgan fingerprint density at radius 3 is 2.50 bits per heavy atom. The minimum absolute atomic E-state index is 0.0319. The van der Waals surface area contributed by atoms with Crippen LogP contribution in [0.2, 0.25) is 0 Å².